The van der Waals surface area contributed by atoms with Crippen molar-refractivity contribution in [2.24, 2.45) is 0 Å². The van der Waals surface area contributed by atoms with Gasteiger partial charge in [0.15, 0.2) is 11.0 Å². The van der Waals surface area contributed by atoms with Crippen molar-refractivity contribution in [1.82, 2.24) is 20.1 Å². The first-order valence-corrected chi connectivity index (χ1v) is 10.2. The largest absolute Gasteiger partial charge is 0.497 e. The highest BCUT2D eigenvalue weighted by Gasteiger charge is 2.21. The van der Waals surface area contributed by atoms with Crippen LogP contribution in [-0.4, -0.2) is 46.7 Å². The van der Waals surface area contributed by atoms with Crippen molar-refractivity contribution in [2.45, 2.75) is 17.3 Å². The molecule has 0 bridgehead atoms. The van der Waals surface area contributed by atoms with Crippen molar-refractivity contribution < 1.29 is 14.3 Å². The minimum absolute atomic E-state index is 0.0878. The van der Waals surface area contributed by atoms with Gasteiger partial charge in [-0.3, -0.25) is 9.36 Å². The first kappa shape index (κ1) is 21.4. The molecule has 1 amide bonds. The monoisotopic (exact) mass is 424 g/mol. The summed E-state index contributed by atoms with van der Waals surface area (Å²) in [5.74, 6) is 2.10. The molecular weight excluding hydrogens is 400 g/mol. The molecule has 0 radical (unpaired) electrons. The number of methoxy groups -OCH3 is 2. The Balaban J connectivity index is 2.00. The van der Waals surface area contributed by atoms with E-state index in [0.717, 1.165) is 22.7 Å². The van der Waals surface area contributed by atoms with E-state index >= 15 is 0 Å². The predicted octanol–water partition coefficient (Wildman–Crippen LogP) is 3.73. The minimum Gasteiger partial charge on any atom is -0.497 e. The van der Waals surface area contributed by atoms with E-state index in [4.69, 9.17) is 9.47 Å². The molecule has 1 unspecified atom stereocenters. The first-order valence-electron chi connectivity index (χ1n) is 9.37. The summed E-state index contributed by atoms with van der Waals surface area (Å²) in [6.07, 6.45) is 1.65. The maximum Gasteiger partial charge on any atom is 0.233 e. The average molecular weight is 425 g/mol. The van der Waals surface area contributed by atoms with Crippen LogP contribution in [0.25, 0.3) is 17.1 Å². The second-order valence-corrected chi connectivity index (χ2v) is 7.67. The third-order valence-electron chi connectivity index (χ3n) is 4.38. The number of aromatic nitrogens is 3. The minimum atomic E-state index is -0.352. The van der Waals surface area contributed by atoms with Gasteiger partial charge < -0.3 is 14.8 Å². The van der Waals surface area contributed by atoms with Gasteiger partial charge in [-0.1, -0.05) is 17.8 Å². The Kier molecular flexibility index (Phi) is 7.13. The zero-order chi connectivity index (χ0) is 21.5. The van der Waals surface area contributed by atoms with E-state index < -0.39 is 0 Å². The van der Waals surface area contributed by atoms with Crippen LogP contribution in [0.3, 0.4) is 0 Å². The van der Waals surface area contributed by atoms with Crippen LogP contribution in [0.4, 0.5) is 0 Å². The second kappa shape index (κ2) is 9.98. The Labute approximate surface area is 180 Å². The summed E-state index contributed by atoms with van der Waals surface area (Å²) in [5.41, 5.74) is 1.75. The van der Waals surface area contributed by atoms with Crippen molar-refractivity contribution in [3.05, 3.63) is 61.2 Å². The molecule has 0 saturated carbocycles. The molecule has 7 nitrogen and oxygen atoms in total. The van der Waals surface area contributed by atoms with Gasteiger partial charge in [0.2, 0.25) is 5.91 Å². The lowest BCUT2D eigenvalue weighted by Gasteiger charge is -2.14. The highest BCUT2D eigenvalue weighted by molar-refractivity contribution is 8.00. The Hall–Kier alpha value is -3.26. The summed E-state index contributed by atoms with van der Waals surface area (Å²) >= 11 is 1.34. The van der Waals surface area contributed by atoms with Gasteiger partial charge in [-0.05, 0) is 55.5 Å². The lowest BCUT2D eigenvalue weighted by Crippen LogP contribution is -2.31. The Morgan fingerprint density at radius 1 is 1.10 bits per heavy atom. The number of nitrogens with zero attached hydrogens (tertiary/aromatic N) is 3. The number of amides is 1. The summed E-state index contributed by atoms with van der Waals surface area (Å²) in [7, 11) is 3.25. The molecule has 1 aromatic heterocycles. The van der Waals surface area contributed by atoms with Crippen LogP contribution < -0.4 is 14.8 Å². The number of hydrogen-bond donors (Lipinski definition) is 1. The van der Waals surface area contributed by atoms with Gasteiger partial charge in [0.1, 0.15) is 11.5 Å². The second-order valence-electron chi connectivity index (χ2n) is 6.36. The van der Waals surface area contributed by atoms with Gasteiger partial charge in [-0.2, -0.15) is 0 Å². The fourth-order valence-electron chi connectivity index (χ4n) is 2.77. The lowest BCUT2D eigenvalue weighted by molar-refractivity contribution is -0.120. The summed E-state index contributed by atoms with van der Waals surface area (Å²) in [5, 5.41) is 11.9. The summed E-state index contributed by atoms with van der Waals surface area (Å²) in [6, 6.07) is 15.2. The molecular formula is C22H24N4O3S. The number of nitrogens with one attached hydrogen (secondary N) is 1. The third-order valence-corrected chi connectivity index (χ3v) is 5.43. The number of benzene rings is 2. The van der Waals surface area contributed by atoms with Gasteiger partial charge in [-0.15, -0.1) is 16.8 Å². The Bertz CT molecular complexity index is 1000. The molecule has 3 rings (SSSR count). The number of thioether (sulfide) groups is 1. The molecule has 0 aliphatic rings. The van der Waals surface area contributed by atoms with Crippen LogP contribution >= 0.6 is 11.8 Å². The molecule has 3 aromatic rings. The van der Waals surface area contributed by atoms with E-state index in [2.05, 4.69) is 22.1 Å². The van der Waals surface area contributed by atoms with E-state index in [-0.39, 0.29) is 11.2 Å². The molecule has 0 saturated heterocycles. The lowest BCUT2D eigenvalue weighted by atomic mass is 10.2. The summed E-state index contributed by atoms with van der Waals surface area (Å²) < 4.78 is 12.5. The number of hydrogen-bond acceptors (Lipinski definition) is 6. The van der Waals surface area contributed by atoms with E-state index in [1.807, 2.05) is 60.0 Å². The topological polar surface area (TPSA) is 78.3 Å². The van der Waals surface area contributed by atoms with E-state index in [0.29, 0.717) is 17.5 Å². The van der Waals surface area contributed by atoms with E-state index in [1.165, 1.54) is 11.8 Å². The van der Waals surface area contributed by atoms with Gasteiger partial charge in [0, 0.05) is 17.8 Å². The van der Waals surface area contributed by atoms with Gasteiger partial charge in [-0.25, -0.2) is 0 Å². The standard InChI is InChI=1S/C22H24N4O3S/c1-5-14-23-21(27)15(2)30-22-25-24-20(16-6-10-18(28-3)11-7-16)26(22)17-8-12-19(29-4)13-9-17/h5-13,15H,1,14H2,2-4H3,(H,23,27). The SMILES string of the molecule is C=CCNC(=O)C(C)Sc1nnc(-c2ccc(OC)cc2)n1-c1ccc(OC)cc1. The molecule has 1 N–H and O–H groups in total. The number of carbonyl (C=O) groups is 1. The highest BCUT2D eigenvalue weighted by atomic mass is 32.2. The molecule has 2 aromatic carbocycles. The van der Waals surface area contributed by atoms with Crippen molar-refractivity contribution in [2.75, 3.05) is 20.8 Å². The molecule has 1 heterocycles. The molecule has 0 spiro atoms. The van der Waals surface area contributed by atoms with Crippen LogP contribution in [-0.2, 0) is 4.79 Å². The smallest absolute Gasteiger partial charge is 0.233 e. The zero-order valence-electron chi connectivity index (χ0n) is 17.2. The van der Waals surface area contributed by atoms with Gasteiger partial charge >= 0.3 is 0 Å². The molecule has 0 aliphatic heterocycles. The van der Waals surface area contributed by atoms with E-state index in [9.17, 15) is 4.79 Å². The van der Waals surface area contributed by atoms with Crippen molar-refractivity contribution in [3.8, 4) is 28.6 Å². The molecule has 30 heavy (non-hydrogen) atoms. The third kappa shape index (κ3) is 4.83. The first-order chi connectivity index (χ1) is 14.6. The molecule has 8 heteroatoms. The Morgan fingerprint density at radius 3 is 2.27 bits per heavy atom. The number of carbonyl (C=O) groups excluding carboxylic acids is 1. The number of ether oxygens (including phenoxy) is 2. The summed E-state index contributed by atoms with van der Waals surface area (Å²) in [4.78, 5) is 12.3. The molecule has 0 fully saturated rings. The Morgan fingerprint density at radius 2 is 1.70 bits per heavy atom. The van der Waals surface area contributed by atoms with Crippen molar-refractivity contribution in [3.63, 3.8) is 0 Å². The van der Waals surface area contributed by atoms with Crippen LogP contribution in [0.5, 0.6) is 11.5 Å². The number of rotatable bonds is 9. The molecule has 1 atom stereocenters. The highest BCUT2D eigenvalue weighted by Crippen LogP contribution is 2.31. The van der Waals surface area contributed by atoms with Crippen LogP contribution in [0.1, 0.15) is 6.92 Å². The maximum absolute atomic E-state index is 12.3. The van der Waals surface area contributed by atoms with Gasteiger partial charge in [0.25, 0.3) is 0 Å². The van der Waals surface area contributed by atoms with Crippen molar-refractivity contribution in [1.29, 1.82) is 0 Å². The van der Waals surface area contributed by atoms with Crippen molar-refractivity contribution >= 4 is 17.7 Å². The van der Waals surface area contributed by atoms with E-state index in [1.54, 1.807) is 20.3 Å². The quantitative estimate of drug-likeness (QED) is 0.417. The predicted molar refractivity (Wildman–Crippen MR) is 118 cm³/mol. The fraction of sp³-hybridized carbons (Fsp3) is 0.227. The molecule has 0 aliphatic carbocycles. The zero-order valence-corrected chi connectivity index (χ0v) is 18.0. The fourth-order valence-corrected chi connectivity index (χ4v) is 3.66. The summed E-state index contributed by atoms with van der Waals surface area (Å²) in [6.45, 7) is 5.89. The normalized spacial score (nSPS) is 11.6. The van der Waals surface area contributed by atoms with Crippen LogP contribution in [0.15, 0.2) is 66.3 Å². The maximum atomic E-state index is 12.3. The molecule has 156 valence electrons. The average Bonchev–Trinajstić information content (AvgIpc) is 3.20. The van der Waals surface area contributed by atoms with Gasteiger partial charge in [0.05, 0.1) is 19.5 Å². The van der Waals surface area contributed by atoms with Crippen LogP contribution in [0, 0.1) is 0 Å². The van der Waals surface area contributed by atoms with Crippen LogP contribution in [0.2, 0.25) is 0 Å².